The lowest BCUT2D eigenvalue weighted by molar-refractivity contribution is -0.137. The van der Waals surface area contributed by atoms with Gasteiger partial charge in [0.2, 0.25) is 11.8 Å². The van der Waals surface area contributed by atoms with Gasteiger partial charge in [-0.05, 0) is 69.2 Å². The van der Waals surface area contributed by atoms with E-state index >= 15 is 0 Å². The maximum Gasteiger partial charge on any atom is 0.289 e. The molecule has 41 heavy (non-hydrogen) atoms. The zero-order valence-electron chi connectivity index (χ0n) is 24.5. The van der Waals surface area contributed by atoms with Crippen LogP contribution in [0, 0.1) is 5.41 Å². The molecule has 0 saturated heterocycles. The number of rotatable bonds is 12. The predicted molar refractivity (Wildman–Crippen MR) is 157 cm³/mol. The third kappa shape index (κ3) is 6.77. The average molecular weight is 562 g/mol. The Balaban J connectivity index is 1.38. The van der Waals surface area contributed by atoms with Crippen molar-refractivity contribution in [1.29, 1.82) is 0 Å². The second-order valence-electron chi connectivity index (χ2n) is 10.7. The highest BCUT2D eigenvalue weighted by Crippen LogP contribution is 2.40. The summed E-state index contributed by atoms with van der Waals surface area (Å²) in [5.74, 6) is 0.343. The first-order valence-electron chi connectivity index (χ1n) is 13.9. The molecule has 0 spiro atoms. The minimum atomic E-state index is -1.15. The first-order chi connectivity index (χ1) is 19.6. The Morgan fingerprint density at radius 2 is 1.78 bits per heavy atom. The number of carbonyl (C=O) groups is 3. The van der Waals surface area contributed by atoms with E-state index in [0.29, 0.717) is 55.7 Å². The highest BCUT2D eigenvalue weighted by molar-refractivity contribution is 6.20. The third-order valence-electron chi connectivity index (χ3n) is 7.41. The van der Waals surface area contributed by atoms with Crippen LogP contribution in [0.5, 0.6) is 5.75 Å². The van der Waals surface area contributed by atoms with E-state index in [9.17, 15) is 14.4 Å². The summed E-state index contributed by atoms with van der Waals surface area (Å²) in [6.45, 7) is 8.85. The van der Waals surface area contributed by atoms with Gasteiger partial charge in [0.1, 0.15) is 11.2 Å². The molecular formula is C31H39N5O5. The lowest BCUT2D eigenvalue weighted by Gasteiger charge is -2.27. The standard InChI is InChI=1S/C31H39N5O5/c1-6-36-25-11-10-24(21-26(25)34(5)29(38)31(2,3)30(36)39)40-20-8-16-35(22-23-12-14-32-15-13-23)18-17-33(4)28(37)27-9-7-19-41-27/h7,9-15,19,21H,6,8,16-18,20,22H2,1-5H3. The number of fused-ring (bicyclic) bond motifs is 1. The number of aromatic nitrogens is 1. The molecule has 1 aliphatic heterocycles. The lowest BCUT2D eigenvalue weighted by atomic mass is 9.90. The van der Waals surface area contributed by atoms with Crippen LogP contribution in [0.2, 0.25) is 0 Å². The molecule has 3 aromatic rings. The number of nitrogens with zero attached hydrogens (tertiary/aromatic N) is 5. The molecule has 0 N–H and O–H groups in total. The number of ether oxygens (including phenoxy) is 1. The van der Waals surface area contributed by atoms with Crippen LogP contribution in [-0.4, -0.2) is 79.4 Å². The summed E-state index contributed by atoms with van der Waals surface area (Å²) < 4.78 is 11.4. The summed E-state index contributed by atoms with van der Waals surface area (Å²) in [5, 5.41) is 0. The average Bonchev–Trinajstić information content (AvgIpc) is 3.51. The Hall–Kier alpha value is -4.18. The van der Waals surface area contributed by atoms with Gasteiger partial charge in [-0.3, -0.25) is 24.3 Å². The van der Waals surface area contributed by atoms with Crippen molar-refractivity contribution in [3.05, 3.63) is 72.4 Å². The fraction of sp³-hybridized carbons (Fsp3) is 0.419. The van der Waals surface area contributed by atoms with Crippen molar-refractivity contribution in [2.75, 3.05) is 56.7 Å². The topological polar surface area (TPSA) is 99.4 Å². The molecule has 1 aromatic carbocycles. The number of pyridine rings is 1. The number of amides is 3. The minimum Gasteiger partial charge on any atom is -0.493 e. The van der Waals surface area contributed by atoms with Gasteiger partial charge in [-0.1, -0.05) is 0 Å². The molecule has 10 nitrogen and oxygen atoms in total. The van der Waals surface area contributed by atoms with Gasteiger partial charge < -0.3 is 23.9 Å². The van der Waals surface area contributed by atoms with Gasteiger partial charge in [-0.15, -0.1) is 0 Å². The summed E-state index contributed by atoms with van der Waals surface area (Å²) in [7, 11) is 3.47. The van der Waals surface area contributed by atoms with E-state index in [1.165, 1.54) is 6.26 Å². The summed E-state index contributed by atoms with van der Waals surface area (Å²) >= 11 is 0. The highest BCUT2D eigenvalue weighted by atomic mass is 16.5. The first kappa shape index (κ1) is 29.8. The highest BCUT2D eigenvalue weighted by Gasteiger charge is 2.45. The smallest absolute Gasteiger partial charge is 0.289 e. The summed E-state index contributed by atoms with van der Waals surface area (Å²) in [6.07, 6.45) is 5.80. The monoisotopic (exact) mass is 561 g/mol. The fourth-order valence-electron chi connectivity index (χ4n) is 4.95. The van der Waals surface area contributed by atoms with Crippen LogP contribution < -0.4 is 14.5 Å². The summed E-state index contributed by atoms with van der Waals surface area (Å²) in [6, 6.07) is 12.9. The molecule has 10 heteroatoms. The Morgan fingerprint density at radius 1 is 1.02 bits per heavy atom. The number of likely N-dealkylation sites (N-methyl/N-ethyl adjacent to an activating group) is 1. The SMILES string of the molecule is CCN1C(=O)C(C)(C)C(=O)N(C)c2cc(OCCCN(CCN(C)C(=O)c3ccco3)Cc3ccncc3)ccc21. The van der Waals surface area contributed by atoms with Crippen LogP contribution >= 0.6 is 0 Å². The largest absolute Gasteiger partial charge is 0.493 e. The van der Waals surface area contributed by atoms with E-state index in [1.807, 2.05) is 37.3 Å². The fourth-order valence-corrected chi connectivity index (χ4v) is 4.95. The third-order valence-corrected chi connectivity index (χ3v) is 7.41. The van der Waals surface area contributed by atoms with E-state index in [0.717, 1.165) is 18.5 Å². The molecular weight excluding hydrogens is 522 g/mol. The van der Waals surface area contributed by atoms with Crippen LogP contribution in [0.1, 0.15) is 43.3 Å². The van der Waals surface area contributed by atoms with Gasteiger partial charge in [-0.2, -0.15) is 0 Å². The molecule has 0 saturated carbocycles. The molecule has 1 aliphatic rings. The van der Waals surface area contributed by atoms with Gasteiger partial charge in [0.15, 0.2) is 5.76 Å². The van der Waals surface area contributed by atoms with Crippen molar-refractivity contribution in [2.24, 2.45) is 5.41 Å². The van der Waals surface area contributed by atoms with E-state index in [2.05, 4.69) is 9.88 Å². The number of furan rings is 1. The number of carbonyl (C=O) groups excluding carboxylic acids is 3. The first-order valence-corrected chi connectivity index (χ1v) is 13.9. The molecule has 0 aliphatic carbocycles. The van der Waals surface area contributed by atoms with Crippen molar-refractivity contribution in [3.63, 3.8) is 0 Å². The lowest BCUT2D eigenvalue weighted by Crippen LogP contribution is -2.47. The van der Waals surface area contributed by atoms with Crippen LogP contribution in [0.4, 0.5) is 11.4 Å². The van der Waals surface area contributed by atoms with Crippen molar-refractivity contribution in [3.8, 4) is 5.75 Å². The number of hydrogen-bond acceptors (Lipinski definition) is 7. The molecule has 0 bridgehead atoms. The van der Waals surface area contributed by atoms with Gasteiger partial charge in [0.25, 0.3) is 5.91 Å². The van der Waals surface area contributed by atoms with Crippen LogP contribution in [0.3, 0.4) is 0 Å². The number of benzene rings is 1. The zero-order chi connectivity index (χ0) is 29.6. The van der Waals surface area contributed by atoms with Crippen molar-refractivity contribution >= 4 is 29.1 Å². The molecule has 0 unspecified atom stereocenters. The van der Waals surface area contributed by atoms with Crippen LogP contribution in [0.15, 0.2) is 65.5 Å². The molecule has 218 valence electrons. The zero-order valence-corrected chi connectivity index (χ0v) is 24.5. The van der Waals surface area contributed by atoms with Crippen LogP contribution in [-0.2, 0) is 16.1 Å². The van der Waals surface area contributed by atoms with E-state index < -0.39 is 5.41 Å². The molecule has 0 radical (unpaired) electrons. The normalized spacial score (nSPS) is 14.7. The van der Waals surface area contributed by atoms with Crippen molar-refractivity contribution in [2.45, 2.75) is 33.7 Å². The molecule has 3 amide bonds. The van der Waals surface area contributed by atoms with Gasteiger partial charge in [0, 0.05) is 65.3 Å². The van der Waals surface area contributed by atoms with E-state index in [1.54, 1.807) is 67.2 Å². The summed E-state index contributed by atoms with van der Waals surface area (Å²) in [5.41, 5.74) is 1.33. The van der Waals surface area contributed by atoms with Crippen molar-refractivity contribution < 1.29 is 23.5 Å². The maximum atomic E-state index is 13.1. The van der Waals surface area contributed by atoms with Gasteiger partial charge in [0.05, 0.1) is 24.2 Å². The van der Waals surface area contributed by atoms with E-state index in [-0.39, 0.29) is 17.7 Å². The predicted octanol–water partition coefficient (Wildman–Crippen LogP) is 4.07. The van der Waals surface area contributed by atoms with Gasteiger partial charge >= 0.3 is 0 Å². The van der Waals surface area contributed by atoms with Gasteiger partial charge in [-0.25, -0.2) is 0 Å². The molecule has 0 fully saturated rings. The molecule has 2 aromatic heterocycles. The molecule has 4 rings (SSSR count). The second-order valence-corrected chi connectivity index (χ2v) is 10.7. The Labute approximate surface area is 241 Å². The Morgan fingerprint density at radius 3 is 2.46 bits per heavy atom. The number of anilines is 2. The minimum absolute atomic E-state index is 0.152. The molecule has 3 heterocycles. The molecule has 0 atom stereocenters. The van der Waals surface area contributed by atoms with E-state index in [4.69, 9.17) is 9.15 Å². The Bertz CT molecular complexity index is 1340. The van der Waals surface area contributed by atoms with Crippen molar-refractivity contribution in [1.82, 2.24) is 14.8 Å². The Kier molecular flexibility index (Phi) is 9.44. The maximum absolute atomic E-state index is 13.1. The van der Waals surface area contributed by atoms with Crippen LogP contribution in [0.25, 0.3) is 0 Å². The summed E-state index contributed by atoms with van der Waals surface area (Å²) in [4.78, 5) is 50.1. The quantitative estimate of drug-likeness (QED) is 0.243. The second kappa shape index (κ2) is 13.0. The number of hydrogen-bond donors (Lipinski definition) is 0.